The Labute approximate surface area is 104 Å². The Balaban J connectivity index is 2.88. The van der Waals surface area contributed by atoms with E-state index in [-0.39, 0.29) is 24.5 Å². The third kappa shape index (κ3) is 3.32. The van der Waals surface area contributed by atoms with Crippen LogP contribution in [0.3, 0.4) is 0 Å². The highest BCUT2D eigenvalue weighted by Gasteiger charge is 2.21. The predicted octanol–water partition coefficient (Wildman–Crippen LogP) is 2.27. The van der Waals surface area contributed by atoms with Gasteiger partial charge in [0, 0.05) is 12.1 Å². The molecule has 18 heavy (non-hydrogen) atoms. The molecule has 0 heterocycles. The number of hydrogen-bond donors (Lipinski definition) is 1. The Morgan fingerprint density at radius 3 is 2.56 bits per heavy atom. The highest BCUT2D eigenvalue weighted by Crippen LogP contribution is 2.24. The second-order valence-corrected chi connectivity index (χ2v) is 3.57. The lowest BCUT2D eigenvalue weighted by Gasteiger charge is -2.16. The van der Waals surface area contributed by atoms with E-state index in [1.54, 1.807) is 13.8 Å². The van der Waals surface area contributed by atoms with Crippen molar-refractivity contribution in [3.05, 3.63) is 23.8 Å². The molecule has 0 bridgehead atoms. The van der Waals surface area contributed by atoms with Gasteiger partial charge in [-0.15, -0.1) is 0 Å². The minimum absolute atomic E-state index is 0.192. The van der Waals surface area contributed by atoms with Gasteiger partial charge in [0.15, 0.2) is 17.7 Å². The zero-order chi connectivity index (χ0) is 13.7. The molecular formula is C12H15F2NO3. The molecule has 0 aromatic heterocycles. The number of carbonyl (C=O) groups excluding carboxylic acids is 1. The zero-order valence-corrected chi connectivity index (χ0v) is 10.2. The molecule has 0 amide bonds. The Bertz CT molecular complexity index is 438. The summed E-state index contributed by atoms with van der Waals surface area (Å²) in [5.74, 6) is -2.60. The lowest BCUT2D eigenvalue weighted by molar-refractivity contribution is -0.151. The van der Waals surface area contributed by atoms with Gasteiger partial charge in [-0.05, 0) is 13.3 Å². The van der Waals surface area contributed by atoms with Gasteiger partial charge in [0.05, 0.1) is 12.3 Å². The van der Waals surface area contributed by atoms with E-state index in [1.807, 2.05) is 0 Å². The van der Waals surface area contributed by atoms with Gasteiger partial charge in [0.1, 0.15) is 5.82 Å². The van der Waals surface area contributed by atoms with Crippen LogP contribution in [0, 0.1) is 11.6 Å². The van der Waals surface area contributed by atoms with Gasteiger partial charge >= 0.3 is 5.97 Å². The molecule has 4 nitrogen and oxygen atoms in total. The summed E-state index contributed by atoms with van der Waals surface area (Å²) in [5.41, 5.74) is 4.88. The number of rotatable bonds is 5. The molecule has 0 aliphatic rings. The third-order valence-corrected chi connectivity index (χ3v) is 2.24. The maximum atomic E-state index is 13.5. The van der Waals surface area contributed by atoms with E-state index in [0.717, 1.165) is 12.1 Å². The van der Waals surface area contributed by atoms with Gasteiger partial charge in [0.2, 0.25) is 0 Å². The van der Waals surface area contributed by atoms with Crippen molar-refractivity contribution >= 4 is 11.7 Å². The van der Waals surface area contributed by atoms with Crippen LogP contribution in [-0.4, -0.2) is 18.7 Å². The number of nitrogens with two attached hydrogens (primary N) is 1. The molecule has 2 N–H and O–H groups in total. The van der Waals surface area contributed by atoms with E-state index in [4.69, 9.17) is 15.2 Å². The summed E-state index contributed by atoms with van der Waals surface area (Å²) in [6.45, 7) is 3.51. The highest BCUT2D eigenvalue weighted by atomic mass is 19.1. The van der Waals surface area contributed by atoms with Crippen molar-refractivity contribution in [2.45, 2.75) is 26.4 Å². The quantitative estimate of drug-likeness (QED) is 0.651. The lowest BCUT2D eigenvalue weighted by Crippen LogP contribution is -2.29. The van der Waals surface area contributed by atoms with Gasteiger partial charge in [-0.1, -0.05) is 6.92 Å². The summed E-state index contributed by atoms with van der Waals surface area (Å²) in [7, 11) is 0. The molecule has 6 heteroatoms. The average molecular weight is 259 g/mol. The first-order chi connectivity index (χ1) is 8.49. The molecule has 0 saturated carbocycles. The number of carbonyl (C=O) groups is 1. The van der Waals surface area contributed by atoms with Crippen LogP contribution in [-0.2, 0) is 9.53 Å². The first-order valence-electron chi connectivity index (χ1n) is 5.57. The Kier molecular flexibility index (Phi) is 4.88. The van der Waals surface area contributed by atoms with Crippen molar-refractivity contribution < 1.29 is 23.0 Å². The van der Waals surface area contributed by atoms with Crippen LogP contribution in [0.2, 0.25) is 0 Å². The van der Waals surface area contributed by atoms with Crippen LogP contribution in [0.25, 0.3) is 0 Å². The average Bonchev–Trinajstić information content (AvgIpc) is 2.32. The summed E-state index contributed by atoms with van der Waals surface area (Å²) in [6, 6.07) is 1.62. The minimum Gasteiger partial charge on any atom is -0.476 e. The topological polar surface area (TPSA) is 61.5 Å². The fraction of sp³-hybridized carbons (Fsp3) is 0.417. The molecule has 0 aliphatic heterocycles. The molecule has 1 aromatic carbocycles. The molecule has 1 atom stereocenters. The molecule has 0 fully saturated rings. The normalized spacial score (nSPS) is 12.0. The van der Waals surface area contributed by atoms with Crippen LogP contribution < -0.4 is 10.5 Å². The van der Waals surface area contributed by atoms with Crippen molar-refractivity contribution in [1.29, 1.82) is 0 Å². The number of benzene rings is 1. The van der Waals surface area contributed by atoms with Crippen LogP contribution in [0.15, 0.2) is 12.1 Å². The smallest absolute Gasteiger partial charge is 0.347 e. The van der Waals surface area contributed by atoms with E-state index >= 15 is 0 Å². The Hall–Kier alpha value is -1.85. The molecular weight excluding hydrogens is 244 g/mol. The third-order valence-electron chi connectivity index (χ3n) is 2.24. The van der Waals surface area contributed by atoms with Crippen molar-refractivity contribution in [2.75, 3.05) is 12.3 Å². The Morgan fingerprint density at radius 1 is 1.33 bits per heavy atom. The van der Waals surface area contributed by atoms with E-state index in [0.29, 0.717) is 0 Å². The standard InChI is InChI=1S/C12H15F2NO3/c1-3-10(12(16)17-4-2)18-11-6-7(13)9(15)5-8(11)14/h5-6,10H,3-4,15H2,1-2H3. The highest BCUT2D eigenvalue weighted by molar-refractivity contribution is 5.75. The zero-order valence-electron chi connectivity index (χ0n) is 10.2. The summed E-state index contributed by atoms with van der Waals surface area (Å²) in [4.78, 5) is 11.5. The van der Waals surface area contributed by atoms with Crippen molar-refractivity contribution in [1.82, 2.24) is 0 Å². The van der Waals surface area contributed by atoms with Crippen LogP contribution in [0.4, 0.5) is 14.5 Å². The van der Waals surface area contributed by atoms with Crippen LogP contribution >= 0.6 is 0 Å². The summed E-state index contributed by atoms with van der Waals surface area (Å²) in [6.07, 6.45) is -0.688. The molecule has 0 spiro atoms. The summed E-state index contributed by atoms with van der Waals surface area (Å²) < 4.78 is 36.5. The van der Waals surface area contributed by atoms with Gasteiger partial charge < -0.3 is 15.2 Å². The maximum Gasteiger partial charge on any atom is 0.347 e. The fourth-order valence-corrected chi connectivity index (χ4v) is 1.32. The predicted molar refractivity (Wildman–Crippen MR) is 62.1 cm³/mol. The number of ether oxygens (including phenoxy) is 2. The first kappa shape index (κ1) is 14.2. The molecule has 0 saturated heterocycles. The first-order valence-corrected chi connectivity index (χ1v) is 5.57. The number of hydrogen-bond acceptors (Lipinski definition) is 4. The van der Waals surface area contributed by atoms with Crippen molar-refractivity contribution in [3.63, 3.8) is 0 Å². The number of halogens is 2. The molecule has 1 aromatic rings. The molecule has 0 radical (unpaired) electrons. The molecule has 0 aliphatic carbocycles. The summed E-state index contributed by atoms with van der Waals surface area (Å²) >= 11 is 0. The lowest BCUT2D eigenvalue weighted by atomic mass is 10.2. The number of nitrogen functional groups attached to an aromatic ring is 1. The van der Waals surface area contributed by atoms with E-state index < -0.39 is 23.7 Å². The van der Waals surface area contributed by atoms with E-state index in [9.17, 15) is 13.6 Å². The molecule has 1 unspecified atom stereocenters. The maximum absolute atomic E-state index is 13.5. The van der Waals surface area contributed by atoms with Crippen LogP contribution in [0.1, 0.15) is 20.3 Å². The second-order valence-electron chi connectivity index (χ2n) is 3.57. The largest absolute Gasteiger partial charge is 0.476 e. The van der Waals surface area contributed by atoms with Gasteiger partial charge in [0.25, 0.3) is 0 Å². The second kappa shape index (κ2) is 6.18. The van der Waals surface area contributed by atoms with Gasteiger partial charge in [-0.3, -0.25) is 0 Å². The SMILES string of the molecule is CCOC(=O)C(CC)Oc1cc(F)c(N)cc1F. The summed E-state index contributed by atoms with van der Waals surface area (Å²) in [5, 5.41) is 0. The fourth-order valence-electron chi connectivity index (χ4n) is 1.32. The monoisotopic (exact) mass is 259 g/mol. The molecule has 100 valence electrons. The van der Waals surface area contributed by atoms with E-state index in [1.165, 1.54) is 0 Å². The van der Waals surface area contributed by atoms with Gasteiger partial charge in [-0.25, -0.2) is 13.6 Å². The number of anilines is 1. The van der Waals surface area contributed by atoms with Crippen molar-refractivity contribution in [2.24, 2.45) is 0 Å². The van der Waals surface area contributed by atoms with Gasteiger partial charge in [-0.2, -0.15) is 0 Å². The van der Waals surface area contributed by atoms with E-state index in [2.05, 4.69) is 0 Å². The molecule has 1 rings (SSSR count). The van der Waals surface area contributed by atoms with Crippen LogP contribution in [0.5, 0.6) is 5.75 Å². The Morgan fingerprint density at radius 2 is 2.00 bits per heavy atom. The number of esters is 1. The van der Waals surface area contributed by atoms with Crippen molar-refractivity contribution in [3.8, 4) is 5.75 Å². The minimum atomic E-state index is -0.970.